The summed E-state index contributed by atoms with van der Waals surface area (Å²) in [6, 6.07) is 2.99. The van der Waals surface area contributed by atoms with Gasteiger partial charge in [0.25, 0.3) is 5.91 Å². The smallest absolute Gasteiger partial charge is 0.353 e. The minimum absolute atomic E-state index is 0.0529. The number of aliphatic carboxylic acids is 1. The largest absolute Gasteiger partial charge is 0.477 e. The van der Waals surface area contributed by atoms with Crippen LogP contribution in [0.25, 0.3) is 5.57 Å². The third-order valence-electron chi connectivity index (χ3n) is 4.58. The number of β-lactam (4-membered cyclic amide) rings is 1. The van der Waals surface area contributed by atoms with Crippen LogP contribution in [-0.4, -0.2) is 55.7 Å². The van der Waals surface area contributed by atoms with Crippen molar-refractivity contribution in [2.45, 2.75) is 31.7 Å². The first-order chi connectivity index (χ1) is 14.8. The predicted octanol–water partition coefficient (Wildman–Crippen LogP) is 2.45. The maximum atomic E-state index is 12.8. The van der Waals surface area contributed by atoms with Crippen molar-refractivity contribution in [2.24, 2.45) is 5.10 Å². The van der Waals surface area contributed by atoms with E-state index in [1.807, 2.05) is 31.4 Å². The van der Waals surface area contributed by atoms with Crippen molar-refractivity contribution in [2.75, 3.05) is 11.2 Å². The maximum Gasteiger partial charge on any atom is 0.353 e. The summed E-state index contributed by atoms with van der Waals surface area (Å²) in [5.74, 6) is -1.45. The molecule has 0 bridgehead atoms. The lowest BCUT2D eigenvalue weighted by atomic mass is 10.0. The highest BCUT2D eigenvalue weighted by Crippen LogP contribution is 2.44. The lowest BCUT2D eigenvalue weighted by molar-refractivity contribution is -0.150. The first-order valence-electron chi connectivity index (χ1n) is 9.31. The Morgan fingerprint density at radius 2 is 2.19 bits per heavy atom. The molecule has 2 atom stereocenters. The number of rotatable bonds is 7. The summed E-state index contributed by atoms with van der Waals surface area (Å²) in [5.41, 5.74) is 4.14. The second kappa shape index (κ2) is 8.81. The fourth-order valence-corrected chi connectivity index (χ4v) is 6.19. The van der Waals surface area contributed by atoms with Crippen LogP contribution in [0.2, 0.25) is 0 Å². The number of hydrogen-bond acceptors (Lipinski definition) is 9. The number of thiazole rings is 1. The van der Waals surface area contributed by atoms with Gasteiger partial charge >= 0.3 is 5.97 Å². The average Bonchev–Trinajstić information content (AvgIpc) is 3.41. The number of nitrogens with zero attached hydrogens (tertiary/aromatic N) is 3. The standard InChI is InChI=1S/C19H19N5O4S3/c1-9(2)22-23-19-20-7-12(31-19)11-8-30-17-14(16(26)24(17)15(11)18(27)28)21-13(25)6-10-4-3-5-29-10/h3-5,7,14,17H,6,8H2,1-2H3,(H,20,23)(H,21,25)(H,27,28). The van der Waals surface area contributed by atoms with Gasteiger partial charge in [0.15, 0.2) is 0 Å². The zero-order valence-corrected chi connectivity index (χ0v) is 19.1. The summed E-state index contributed by atoms with van der Waals surface area (Å²) in [7, 11) is 0. The monoisotopic (exact) mass is 477 g/mol. The fraction of sp³-hybridized carbons (Fsp3) is 0.316. The highest BCUT2D eigenvalue weighted by molar-refractivity contribution is 8.00. The van der Waals surface area contributed by atoms with Crippen LogP contribution < -0.4 is 10.7 Å². The Kier molecular flexibility index (Phi) is 6.12. The van der Waals surface area contributed by atoms with E-state index in [4.69, 9.17) is 0 Å². The van der Waals surface area contributed by atoms with Crippen molar-refractivity contribution < 1.29 is 19.5 Å². The van der Waals surface area contributed by atoms with Gasteiger partial charge in [-0.3, -0.25) is 19.9 Å². The van der Waals surface area contributed by atoms with E-state index < -0.39 is 23.3 Å². The number of carbonyl (C=O) groups excluding carboxylic acids is 2. The number of carboxylic acid groups (broad SMARTS) is 1. The van der Waals surface area contributed by atoms with Gasteiger partial charge < -0.3 is 10.4 Å². The summed E-state index contributed by atoms with van der Waals surface area (Å²) < 4.78 is 0. The number of amides is 2. The van der Waals surface area contributed by atoms with E-state index in [0.717, 1.165) is 10.6 Å². The van der Waals surface area contributed by atoms with Crippen molar-refractivity contribution in [3.63, 3.8) is 0 Å². The molecule has 162 valence electrons. The molecule has 2 amide bonds. The molecule has 31 heavy (non-hydrogen) atoms. The molecule has 2 aliphatic heterocycles. The summed E-state index contributed by atoms with van der Waals surface area (Å²) in [5, 5.41) is 18.7. The second-order valence-corrected chi connectivity index (χ2v) is 10.2. The minimum Gasteiger partial charge on any atom is -0.477 e. The molecule has 0 spiro atoms. The van der Waals surface area contributed by atoms with Crippen molar-refractivity contribution >= 4 is 68.6 Å². The van der Waals surface area contributed by atoms with Crippen LogP contribution in [0.5, 0.6) is 0 Å². The number of fused-ring (bicyclic) bond motifs is 1. The number of hydrogen-bond donors (Lipinski definition) is 3. The molecule has 0 aliphatic carbocycles. The van der Waals surface area contributed by atoms with E-state index in [1.54, 1.807) is 6.20 Å². The average molecular weight is 478 g/mol. The van der Waals surface area contributed by atoms with E-state index in [9.17, 15) is 19.5 Å². The zero-order chi connectivity index (χ0) is 22.1. The van der Waals surface area contributed by atoms with E-state index in [-0.39, 0.29) is 18.0 Å². The number of thiophene rings is 1. The zero-order valence-electron chi connectivity index (χ0n) is 16.6. The molecule has 1 fully saturated rings. The molecule has 9 nitrogen and oxygen atoms in total. The third-order valence-corrected chi connectivity index (χ3v) is 7.70. The Hall–Kier alpha value is -2.70. The van der Waals surface area contributed by atoms with E-state index in [2.05, 4.69) is 20.8 Å². The highest BCUT2D eigenvalue weighted by atomic mass is 32.2. The van der Waals surface area contributed by atoms with Gasteiger partial charge in [-0.15, -0.1) is 23.1 Å². The van der Waals surface area contributed by atoms with Crippen LogP contribution in [-0.2, 0) is 20.8 Å². The Labute approximate surface area is 190 Å². The quantitative estimate of drug-likeness (QED) is 0.318. The van der Waals surface area contributed by atoms with Crippen LogP contribution in [0.3, 0.4) is 0 Å². The van der Waals surface area contributed by atoms with Crippen LogP contribution in [0.15, 0.2) is 34.5 Å². The SMILES string of the molecule is CC(C)=NNc1ncc(C2=C(C(=O)O)N3C(=O)C(NC(=O)Cc4cccs4)C3SC2)s1. The molecule has 4 rings (SSSR count). The van der Waals surface area contributed by atoms with Gasteiger partial charge in [0.2, 0.25) is 11.0 Å². The number of hydrazone groups is 1. The summed E-state index contributed by atoms with van der Waals surface area (Å²) in [4.78, 5) is 44.2. The lowest BCUT2D eigenvalue weighted by Crippen LogP contribution is -2.70. The number of thioether (sulfide) groups is 1. The van der Waals surface area contributed by atoms with Gasteiger partial charge in [0.05, 0.1) is 11.3 Å². The first kappa shape index (κ1) is 21.5. The Morgan fingerprint density at radius 3 is 2.87 bits per heavy atom. The van der Waals surface area contributed by atoms with E-state index in [0.29, 0.717) is 21.3 Å². The van der Waals surface area contributed by atoms with Crippen molar-refractivity contribution in [1.29, 1.82) is 0 Å². The van der Waals surface area contributed by atoms with E-state index in [1.165, 1.54) is 39.3 Å². The second-order valence-electron chi connectivity index (χ2n) is 7.04. The van der Waals surface area contributed by atoms with Crippen LogP contribution >= 0.6 is 34.4 Å². The van der Waals surface area contributed by atoms with Gasteiger partial charge in [-0.05, 0) is 25.3 Å². The number of carbonyl (C=O) groups is 3. The summed E-state index contributed by atoms with van der Waals surface area (Å²) >= 11 is 4.18. The van der Waals surface area contributed by atoms with Gasteiger partial charge in [0.1, 0.15) is 17.1 Å². The Bertz CT molecular complexity index is 1090. The molecular weight excluding hydrogens is 458 g/mol. The van der Waals surface area contributed by atoms with Crippen LogP contribution in [0.1, 0.15) is 23.6 Å². The van der Waals surface area contributed by atoms with Gasteiger partial charge in [-0.1, -0.05) is 17.4 Å². The molecule has 0 aromatic carbocycles. The normalized spacial score (nSPS) is 20.1. The molecule has 12 heteroatoms. The Morgan fingerprint density at radius 1 is 1.39 bits per heavy atom. The van der Waals surface area contributed by atoms with Gasteiger partial charge in [-0.2, -0.15) is 5.10 Å². The number of anilines is 1. The lowest BCUT2D eigenvalue weighted by Gasteiger charge is -2.49. The molecule has 2 aromatic rings. The number of carboxylic acids is 1. The molecule has 3 N–H and O–H groups in total. The van der Waals surface area contributed by atoms with Gasteiger partial charge in [0, 0.05) is 28.1 Å². The molecule has 4 heterocycles. The third kappa shape index (κ3) is 4.36. The molecular formula is C19H19N5O4S3. The fourth-order valence-electron chi connectivity index (χ4n) is 3.23. The maximum absolute atomic E-state index is 12.8. The summed E-state index contributed by atoms with van der Waals surface area (Å²) in [6.07, 6.45) is 1.78. The number of aromatic nitrogens is 1. The predicted molar refractivity (Wildman–Crippen MR) is 122 cm³/mol. The van der Waals surface area contributed by atoms with Crippen molar-refractivity contribution in [3.05, 3.63) is 39.2 Å². The first-order valence-corrected chi connectivity index (χ1v) is 12.1. The molecule has 1 saturated heterocycles. The van der Waals surface area contributed by atoms with Gasteiger partial charge in [-0.25, -0.2) is 9.78 Å². The number of nitrogens with one attached hydrogen (secondary N) is 2. The van der Waals surface area contributed by atoms with Crippen molar-refractivity contribution in [3.8, 4) is 0 Å². The van der Waals surface area contributed by atoms with Crippen molar-refractivity contribution in [1.82, 2.24) is 15.2 Å². The topological polar surface area (TPSA) is 124 Å². The molecule has 2 aromatic heterocycles. The van der Waals surface area contributed by atoms with Crippen LogP contribution in [0.4, 0.5) is 5.13 Å². The molecule has 2 unspecified atom stereocenters. The van der Waals surface area contributed by atoms with Crippen LogP contribution in [0, 0.1) is 0 Å². The molecule has 0 saturated carbocycles. The molecule has 2 aliphatic rings. The summed E-state index contributed by atoms with van der Waals surface area (Å²) in [6.45, 7) is 3.69. The molecule has 0 radical (unpaired) electrons. The highest BCUT2D eigenvalue weighted by Gasteiger charge is 2.54. The van der Waals surface area contributed by atoms with E-state index >= 15 is 0 Å². The Balaban J connectivity index is 1.52. The minimum atomic E-state index is -1.18.